The van der Waals surface area contributed by atoms with Crippen LogP contribution in [0.1, 0.15) is 432 Å². The third kappa shape index (κ3) is 42.6. The van der Waals surface area contributed by atoms with Gasteiger partial charge in [-0.3, -0.25) is 39.3 Å². The minimum atomic E-state index is -0.248. The lowest BCUT2D eigenvalue weighted by Crippen LogP contribution is -2.44. The summed E-state index contributed by atoms with van der Waals surface area (Å²) in [5.41, 5.74) is 29.1. The fourth-order valence-electron chi connectivity index (χ4n) is 17.8. The Hall–Kier alpha value is -10.7. The molecule has 0 radical (unpaired) electrons. The Bertz CT molecular complexity index is 5480. The van der Waals surface area contributed by atoms with Crippen LogP contribution in [0.2, 0.25) is 0 Å². The number of hydrazine groups is 1. The number of nitrogen functional groups attached to an aromatic ring is 1. The number of nitrogens with two attached hydrogens (primary N) is 1. The van der Waals surface area contributed by atoms with Crippen LogP contribution < -0.4 is 31.3 Å². The van der Waals surface area contributed by atoms with Gasteiger partial charge in [-0.05, 0) is 321 Å². The van der Waals surface area contributed by atoms with E-state index in [-0.39, 0.29) is 57.8 Å². The molecule has 3 saturated heterocycles. The number of aromatic nitrogens is 1. The number of hydrogen-bond donors (Lipinski definition) is 5. The Morgan fingerprint density at radius 3 is 1.34 bits per heavy atom. The molecule has 2 atom stereocenters. The molecule has 0 saturated carbocycles. The van der Waals surface area contributed by atoms with E-state index in [1.807, 2.05) is 104 Å². The Morgan fingerprint density at radius 2 is 0.897 bits per heavy atom. The van der Waals surface area contributed by atoms with Gasteiger partial charge in [0.2, 0.25) is 0 Å². The number of Topliss-reactive ketones (excluding diaryl/α,β-unsaturated/α-hetero) is 3. The first kappa shape index (κ1) is 123. The predicted octanol–water partition coefficient (Wildman–Crippen LogP) is 30.5. The number of unbranched alkanes of at least 4 members (excludes halogenated alkanes) is 1. The highest BCUT2D eigenvalue weighted by atomic mass is 16.3. The number of hydrogen-bond acceptors (Lipinski definition) is 13. The molecule has 0 spiro atoms. The number of nitrogens with zero attached hydrogens (tertiary/aromatic N) is 5. The van der Waals surface area contributed by atoms with Crippen LogP contribution in [0, 0.1) is 12.8 Å². The molecule has 15 rings (SSSR count). The fourth-order valence-corrected chi connectivity index (χ4v) is 17.8. The number of amides is 2. The van der Waals surface area contributed by atoms with Gasteiger partial charge in [-0.25, -0.2) is 5.84 Å². The number of β-amino-alcohol motifs (C(OH)–C–C–N with tert-alkyl or cyclic N) is 1. The molecule has 5 aliphatic rings. The van der Waals surface area contributed by atoms with Crippen LogP contribution >= 0.6 is 0 Å². The molecular weight excluding hydrogens is 1790 g/mol. The number of fused-ring (bicyclic) bond motifs is 2. The minimum absolute atomic E-state index is 0.0160. The molecular formula is C130H188N8O7. The minimum Gasteiger partial charge on any atom is -0.393 e. The average Bonchev–Trinajstić information content (AvgIpc) is 1.50. The zero-order valence-corrected chi connectivity index (χ0v) is 95.0. The SMILES string of the molecule is CC(=O)C1CCN(c2ccc(C(C)C)cc2)CC1.CC(=O)c1ccc(C(C)(C)C)cc1.CC(C)(C)N1CCc2ccccc2C1.CC(C)c1ccc(N2CCC(O)CC2)cc1.CC(C)c1ccc(N2CCCC(O)C2)cc1.CC(C)c1ccc2c(c1)C(C)CC2.CC(C)c1cccc(C(=O)NN)c1.CCCCC(=O)c1cccc(C(C)(C)C)c1.CCCNC(=O)c1ccc(C(C)(C)C)cc1.Cc1ccncc1C(C)C. The van der Waals surface area contributed by atoms with E-state index in [4.69, 9.17) is 5.84 Å². The number of nitrogens with one attached hydrogen (secondary N) is 2. The third-order valence-electron chi connectivity index (χ3n) is 28.2. The van der Waals surface area contributed by atoms with Crippen molar-refractivity contribution in [1.29, 1.82) is 0 Å². The molecule has 790 valence electrons. The number of ketones is 3. The molecule has 0 bridgehead atoms. The molecule has 5 heterocycles. The van der Waals surface area contributed by atoms with E-state index in [1.54, 1.807) is 31.0 Å². The Labute approximate surface area is 878 Å². The van der Waals surface area contributed by atoms with Gasteiger partial charge in [0.1, 0.15) is 5.78 Å². The highest BCUT2D eigenvalue weighted by Crippen LogP contribution is 2.36. The van der Waals surface area contributed by atoms with Crippen molar-refractivity contribution in [1.82, 2.24) is 20.6 Å². The maximum Gasteiger partial charge on any atom is 0.265 e. The van der Waals surface area contributed by atoms with Crippen LogP contribution in [0.3, 0.4) is 0 Å². The quantitative estimate of drug-likeness (QED) is 0.0222. The highest BCUT2D eigenvalue weighted by Gasteiger charge is 2.28. The van der Waals surface area contributed by atoms with Gasteiger partial charge >= 0.3 is 0 Å². The number of aliphatic hydroxyl groups is 2. The van der Waals surface area contributed by atoms with Crippen molar-refractivity contribution < 1.29 is 34.2 Å². The van der Waals surface area contributed by atoms with Crippen LogP contribution in [0.5, 0.6) is 0 Å². The van der Waals surface area contributed by atoms with Gasteiger partial charge in [0.15, 0.2) is 11.6 Å². The number of carbonyl (C=O) groups is 5. The lowest BCUT2D eigenvalue weighted by molar-refractivity contribution is -0.121. The van der Waals surface area contributed by atoms with Crippen molar-refractivity contribution in [3.05, 3.63) is 331 Å². The van der Waals surface area contributed by atoms with Crippen LogP contribution in [-0.4, -0.2) is 119 Å². The number of aliphatic hydroxyl groups excluding tert-OH is 2. The summed E-state index contributed by atoms with van der Waals surface area (Å²) in [5.74, 6) is 10.1. The molecule has 15 heteroatoms. The molecule has 9 aromatic carbocycles. The predicted molar refractivity (Wildman–Crippen MR) is 617 cm³/mol. The van der Waals surface area contributed by atoms with E-state index >= 15 is 0 Å². The smallest absolute Gasteiger partial charge is 0.265 e. The van der Waals surface area contributed by atoms with Crippen LogP contribution in [0.25, 0.3) is 0 Å². The highest BCUT2D eigenvalue weighted by molar-refractivity contribution is 5.97. The fraction of sp³-hybridized carbons (Fsp3) is 0.508. The summed E-state index contributed by atoms with van der Waals surface area (Å²) < 4.78 is 0. The number of pyridine rings is 1. The zero-order chi connectivity index (χ0) is 108. The van der Waals surface area contributed by atoms with E-state index in [0.29, 0.717) is 58.8 Å². The van der Waals surface area contributed by atoms with Gasteiger partial charge in [-0.2, -0.15) is 0 Å². The summed E-state index contributed by atoms with van der Waals surface area (Å²) in [6.45, 7) is 73.5. The summed E-state index contributed by atoms with van der Waals surface area (Å²) in [6.07, 6.45) is 16.9. The lowest BCUT2D eigenvalue weighted by Gasteiger charge is -2.39. The normalized spacial score (nSPS) is 15.3. The lowest BCUT2D eigenvalue weighted by atomic mass is 9.85. The molecule has 3 fully saturated rings. The van der Waals surface area contributed by atoms with E-state index in [9.17, 15) is 34.2 Å². The van der Waals surface area contributed by atoms with Gasteiger partial charge in [0.25, 0.3) is 11.8 Å². The first-order valence-electron chi connectivity index (χ1n) is 54.3. The topological polar surface area (TPSA) is 202 Å². The molecule has 2 amide bonds. The number of anilines is 3. The second-order valence-electron chi connectivity index (χ2n) is 46.2. The maximum absolute atomic E-state index is 11.9. The van der Waals surface area contributed by atoms with Crippen molar-refractivity contribution in [2.24, 2.45) is 11.8 Å². The van der Waals surface area contributed by atoms with Crippen molar-refractivity contribution in [2.75, 3.05) is 67.1 Å². The molecule has 15 nitrogen and oxygen atoms in total. The van der Waals surface area contributed by atoms with Gasteiger partial charge in [0.05, 0.1) is 12.2 Å². The van der Waals surface area contributed by atoms with Gasteiger partial charge in [-0.1, -0.05) is 318 Å². The Morgan fingerprint density at radius 1 is 0.428 bits per heavy atom. The number of benzene rings is 9. The largest absolute Gasteiger partial charge is 0.393 e. The molecule has 6 N–H and O–H groups in total. The van der Waals surface area contributed by atoms with E-state index in [1.165, 1.54) is 104 Å². The third-order valence-corrected chi connectivity index (χ3v) is 28.2. The Balaban J connectivity index is 0.000000247. The van der Waals surface area contributed by atoms with Gasteiger partial charge < -0.3 is 30.2 Å². The monoisotopic (exact) mass is 1970 g/mol. The summed E-state index contributed by atoms with van der Waals surface area (Å²) in [5, 5.41) is 22.0. The molecule has 2 unspecified atom stereocenters. The second kappa shape index (κ2) is 60.6. The van der Waals surface area contributed by atoms with Gasteiger partial charge in [0, 0.05) is 128 Å². The van der Waals surface area contributed by atoms with Crippen LogP contribution in [0.4, 0.5) is 17.1 Å². The molecule has 145 heavy (non-hydrogen) atoms. The molecule has 4 aliphatic heterocycles. The zero-order valence-electron chi connectivity index (χ0n) is 95.0. The Kier molecular flexibility index (Phi) is 51.4. The van der Waals surface area contributed by atoms with E-state index in [2.05, 4.69) is 350 Å². The standard InChI is InChI=1S/C16H23NO.C15H22O.3C14H21NO.C13H19N.C13H18.C12H16O.C10H14N2O.C9H13N/c1-12(2)14-4-6-16(7-5-14)17-10-8-15(9-11-17)13(3)18;1-5-6-10-14(16)12-8-7-9-13(11-12)15(2,3)4;1-11(2)12-3-5-13(6-4-12)15-9-7-14(16)8-10-15;1-11(2)12-5-7-13(8-6-12)15-9-3-4-14(16)10-15;1-5-10-15-13(16)11-6-8-12(9-7-11)14(2,3)4;1-13(2,3)14-9-8-11-6-4-5-7-12(11)10-14;1-9(2)12-7-6-11-5-4-10(3)13(11)8-12;1-9(13)10-5-7-11(8-6-10)12(2,3)4;1-7(2)8-4-3-5-9(6-8)10(13)12-11;1-7(2)9-6-10-5-4-8(9)3/h4-7,12,15H,8-11H2,1-3H3;7-9,11H,5-6,10H2,1-4H3;3-6,11,14,16H,7-10H2,1-2H3;5-8,11,14,16H,3-4,9-10H2,1-2H3;6-9H,5,10H2,1-4H3,(H,15,16);4-7H,8-10H2,1-3H3;6-10H,4-5H2,1-3H3;5-8H,1-4H3;3-7H,11H2,1-2H3,(H,12,13);4-7H,1-3H3. The maximum atomic E-state index is 11.9. The molecule has 1 aromatic heterocycles. The van der Waals surface area contributed by atoms with Crippen LogP contribution in [-0.2, 0) is 40.4 Å². The first-order chi connectivity index (χ1) is 68.3. The number of aryl methyl sites for hydroxylation is 2. The summed E-state index contributed by atoms with van der Waals surface area (Å²) >= 11 is 0. The average molecular weight is 1970 g/mol. The second-order valence-corrected chi connectivity index (χ2v) is 46.2. The first-order valence-corrected chi connectivity index (χ1v) is 54.3. The summed E-state index contributed by atoms with van der Waals surface area (Å²) in [6, 6.07) is 75.5. The van der Waals surface area contributed by atoms with Crippen molar-refractivity contribution in [3.63, 3.8) is 0 Å². The van der Waals surface area contributed by atoms with Gasteiger partial charge in [-0.15, -0.1) is 0 Å². The number of rotatable bonds is 19. The van der Waals surface area contributed by atoms with E-state index < -0.39 is 0 Å². The summed E-state index contributed by atoms with van der Waals surface area (Å²) in [7, 11) is 0. The number of piperidine rings is 3. The molecule has 1 aliphatic carbocycles. The summed E-state index contributed by atoms with van der Waals surface area (Å²) in [4.78, 5) is 70.7. The van der Waals surface area contributed by atoms with Crippen molar-refractivity contribution in [3.8, 4) is 0 Å². The molecule has 10 aromatic rings. The van der Waals surface area contributed by atoms with E-state index in [0.717, 1.165) is 138 Å². The van der Waals surface area contributed by atoms with Crippen molar-refractivity contribution in [2.45, 2.75) is 373 Å². The van der Waals surface area contributed by atoms with Crippen LogP contribution in [0.15, 0.2) is 231 Å². The number of carbonyl (C=O) groups excluding carboxylic acids is 5. The van der Waals surface area contributed by atoms with Crippen molar-refractivity contribution >= 4 is 46.2 Å².